The first-order chi connectivity index (χ1) is 13.7. The van der Waals surface area contributed by atoms with Crippen molar-refractivity contribution in [3.05, 3.63) is 40.8 Å². The highest BCUT2D eigenvalue weighted by Gasteiger charge is 2.33. The van der Waals surface area contributed by atoms with Crippen LogP contribution < -0.4 is 15.5 Å². The van der Waals surface area contributed by atoms with Gasteiger partial charge in [0.2, 0.25) is 5.96 Å². The summed E-state index contributed by atoms with van der Waals surface area (Å²) in [4.78, 5) is 9.07. The highest BCUT2D eigenvalue weighted by atomic mass is 19.1. The Balaban J connectivity index is 1.35. The molecule has 7 nitrogen and oxygen atoms in total. The number of ether oxygens (including phenoxy) is 1. The van der Waals surface area contributed by atoms with E-state index in [9.17, 15) is 4.39 Å². The molecule has 4 heterocycles. The van der Waals surface area contributed by atoms with E-state index < -0.39 is 0 Å². The smallest absolute Gasteiger partial charge is 0.206 e. The number of halogens is 1. The van der Waals surface area contributed by atoms with Gasteiger partial charge in [0, 0.05) is 35.9 Å². The molecule has 1 saturated heterocycles. The van der Waals surface area contributed by atoms with Crippen LogP contribution in [0.1, 0.15) is 24.0 Å². The first-order valence-electron chi connectivity index (χ1n) is 9.92. The SMILES string of the molecule is CN1CCC(C2=CN=C(NCc3c(F)ccc4c3CCO4)N3CNN=C23)CC1. The van der Waals surface area contributed by atoms with Gasteiger partial charge in [0.1, 0.15) is 18.2 Å². The number of rotatable bonds is 3. The molecule has 0 saturated carbocycles. The second-order valence-corrected chi connectivity index (χ2v) is 7.75. The number of piperidine rings is 1. The van der Waals surface area contributed by atoms with Gasteiger partial charge in [-0.15, -0.1) is 0 Å². The van der Waals surface area contributed by atoms with Crippen LogP contribution in [0.3, 0.4) is 0 Å². The summed E-state index contributed by atoms with van der Waals surface area (Å²) in [6.07, 6.45) is 4.92. The molecule has 0 amide bonds. The number of hydrogen-bond donors (Lipinski definition) is 2. The number of aliphatic imine (C=N–C) groups is 1. The van der Waals surface area contributed by atoms with E-state index in [1.807, 2.05) is 11.1 Å². The van der Waals surface area contributed by atoms with Gasteiger partial charge < -0.3 is 15.0 Å². The Bertz CT molecular complexity index is 872. The largest absolute Gasteiger partial charge is 0.493 e. The first-order valence-corrected chi connectivity index (χ1v) is 9.92. The van der Waals surface area contributed by atoms with Gasteiger partial charge in [-0.25, -0.2) is 9.38 Å². The van der Waals surface area contributed by atoms with E-state index in [-0.39, 0.29) is 5.82 Å². The number of guanidine groups is 1. The van der Waals surface area contributed by atoms with Gasteiger partial charge in [-0.2, -0.15) is 5.10 Å². The third kappa shape index (κ3) is 3.01. The fourth-order valence-electron chi connectivity index (χ4n) is 4.39. The number of hydrazone groups is 1. The van der Waals surface area contributed by atoms with Crippen molar-refractivity contribution in [3.8, 4) is 5.75 Å². The third-order valence-electron chi connectivity index (χ3n) is 6.03. The lowest BCUT2D eigenvalue weighted by molar-refractivity contribution is 0.240. The number of amidine groups is 1. The Kier molecular flexibility index (Phi) is 4.43. The van der Waals surface area contributed by atoms with Gasteiger partial charge in [0.25, 0.3) is 0 Å². The Labute approximate surface area is 163 Å². The van der Waals surface area contributed by atoms with Crippen LogP contribution in [0, 0.1) is 11.7 Å². The number of benzene rings is 1. The zero-order valence-corrected chi connectivity index (χ0v) is 16.0. The maximum Gasteiger partial charge on any atom is 0.206 e. The van der Waals surface area contributed by atoms with Gasteiger partial charge in [0.15, 0.2) is 5.84 Å². The summed E-state index contributed by atoms with van der Waals surface area (Å²) in [6, 6.07) is 3.19. The molecular weight excluding hydrogens is 359 g/mol. The molecule has 0 atom stereocenters. The molecule has 5 rings (SSSR count). The van der Waals surface area contributed by atoms with Crippen LogP contribution in [0.2, 0.25) is 0 Å². The molecule has 0 spiro atoms. The minimum Gasteiger partial charge on any atom is -0.493 e. The Morgan fingerprint density at radius 2 is 2.18 bits per heavy atom. The van der Waals surface area contributed by atoms with Crippen molar-refractivity contribution in [1.29, 1.82) is 0 Å². The second-order valence-electron chi connectivity index (χ2n) is 7.75. The van der Waals surface area contributed by atoms with Crippen molar-refractivity contribution in [2.75, 3.05) is 33.4 Å². The Morgan fingerprint density at radius 1 is 1.32 bits per heavy atom. The maximum absolute atomic E-state index is 14.4. The standard InChI is InChI=1S/C20H25FN6O/c1-26-7-4-13(5-8-26)15-10-22-20(27-12-24-25-19(15)27)23-11-16-14-6-9-28-18(14)3-2-17(16)21/h2-3,10,13,24H,4-9,11-12H2,1H3,(H,22,23). The number of nitrogens with one attached hydrogen (secondary N) is 2. The van der Waals surface area contributed by atoms with E-state index in [2.05, 4.69) is 32.8 Å². The molecule has 1 fully saturated rings. The van der Waals surface area contributed by atoms with Crippen molar-refractivity contribution < 1.29 is 9.13 Å². The van der Waals surface area contributed by atoms with Crippen LogP contribution in [0.5, 0.6) is 5.75 Å². The molecule has 0 aliphatic carbocycles. The summed E-state index contributed by atoms with van der Waals surface area (Å²) < 4.78 is 20.0. The summed E-state index contributed by atoms with van der Waals surface area (Å²) in [7, 11) is 2.16. The van der Waals surface area contributed by atoms with Crippen molar-refractivity contribution in [3.63, 3.8) is 0 Å². The van der Waals surface area contributed by atoms with Crippen LogP contribution >= 0.6 is 0 Å². The number of nitrogens with zero attached hydrogens (tertiary/aromatic N) is 4. The summed E-state index contributed by atoms with van der Waals surface area (Å²) in [5.41, 5.74) is 5.89. The number of hydrogen-bond acceptors (Lipinski definition) is 7. The molecule has 0 unspecified atom stereocenters. The average Bonchev–Trinajstić information content (AvgIpc) is 3.37. The van der Waals surface area contributed by atoms with E-state index in [1.54, 1.807) is 6.07 Å². The second kappa shape index (κ2) is 7.09. The fraction of sp³-hybridized carbons (Fsp3) is 0.500. The molecule has 28 heavy (non-hydrogen) atoms. The predicted octanol–water partition coefficient (Wildman–Crippen LogP) is 1.62. The minimum absolute atomic E-state index is 0.204. The molecule has 148 valence electrons. The molecular formula is C20H25FN6O. The van der Waals surface area contributed by atoms with Crippen molar-refractivity contribution in [1.82, 2.24) is 20.5 Å². The molecule has 2 N–H and O–H groups in total. The average molecular weight is 384 g/mol. The lowest BCUT2D eigenvalue weighted by Crippen LogP contribution is -2.47. The molecule has 1 aromatic carbocycles. The summed E-state index contributed by atoms with van der Waals surface area (Å²) in [5.74, 6) is 2.71. The highest BCUT2D eigenvalue weighted by Crippen LogP contribution is 2.31. The molecule has 0 bridgehead atoms. The highest BCUT2D eigenvalue weighted by molar-refractivity contribution is 6.11. The van der Waals surface area contributed by atoms with E-state index in [1.165, 1.54) is 11.6 Å². The molecule has 4 aliphatic rings. The van der Waals surface area contributed by atoms with E-state index in [4.69, 9.17) is 4.74 Å². The summed E-state index contributed by atoms with van der Waals surface area (Å²) in [6.45, 7) is 3.75. The van der Waals surface area contributed by atoms with Gasteiger partial charge in [-0.1, -0.05) is 0 Å². The predicted molar refractivity (Wildman–Crippen MR) is 105 cm³/mol. The molecule has 0 aromatic heterocycles. The summed E-state index contributed by atoms with van der Waals surface area (Å²) >= 11 is 0. The Hall–Kier alpha value is -2.61. The van der Waals surface area contributed by atoms with E-state index in [0.29, 0.717) is 37.3 Å². The van der Waals surface area contributed by atoms with Crippen LogP contribution in [0.15, 0.2) is 34.0 Å². The van der Waals surface area contributed by atoms with Crippen molar-refractivity contribution >= 4 is 11.8 Å². The lowest BCUT2D eigenvalue weighted by atomic mass is 9.88. The Morgan fingerprint density at radius 3 is 3.04 bits per heavy atom. The van der Waals surface area contributed by atoms with Gasteiger partial charge in [-0.3, -0.25) is 10.3 Å². The van der Waals surface area contributed by atoms with E-state index >= 15 is 0 Å². The molecule has 1 aromatic rings. The fourth-order valence-corrected chi connectivity index (χ4v) is 4.39. The maximum atomic E-state index is 14.4. The quantitative estimate of drug-likeness (QED) is 0.829. The summed E-state index contributed by atoms with van der Waals surface area (Å²) in [5, 5.41) is 7.83. The van der Waals surface area contributed by atoms with Gasteiger partial charge in [0.05, 0.1) is 6.61 Å². The monoisotopic (exact) mass is 384 g/mol. The third-order valence-corrected chi connectivity index (χ3v) is 6.03. The topological polar surface area (TPSA) is 64.5 Å². The number of likely N-dealkylation sites (tertiary alicyclic amines) is 1. The van der Waals surface area contributed by atoms with E-state index in [0.717, 1.165) is 49.5 Å². The molecule has 4 aliphatic heterocycles. The van der Waals surface area contributed by atoms with Crippen LogP contribution in [0.25, 0.3) is 0 Å². The molecule has 0 radical (unpaired) electrons. The zero-order valence-electron chi connectivity index (χ0n) is 16.0. The molecule has 8 heteroatoms. The van der Waals surface area contributed by atoms with Gasteiger partial charge in [-0.05, 0) is 51.0 Å². The minimum atomic E-state index is -0.204. The number of fused-ring (bicyclic) bond motifs is 2. The first kappa shape index (κ1) is 17.5. The zero-order chi connectivity index (χ0) is 19.1. The van der Waals surface area contributed by atoms with Crippen LogP contribution in [-0.2, 0) is 13.0 Å². The van der Waals surface area contributed by atoms with Crippen molar-refractivity contribution in [2.45, 2.75) is 25.8 Å². The van der Waals surface area contributed by atoms with Gasteiger partial charge >= 0.3 is 0 Å². The normalized spacial score (nSPS) is 21.9. The van der Waals surface area contributed by atoms with Crippen LogP contribution in [0.4, 0.5) is 4.39 Å². The van der Waals surface area contributed by atoms with Crippen molar-refractivity contribution in [2.24, 2.45) is 16.0 Å². The lowest BCUT2D eigenvalue weighted by Gasteiger charge is -2.33. The van der Waals surface area contributed by atoms with Crippen LogP contribution in [-0.4, -0.2) is 55.0 Å².